The van der Waals surface area contributed by atoms with E-state index in [1.54, 1.807) is 13.0 Å². The second-order valence-electron chi connectivity index (χ2n) is 3.27. The first-order chi connectivity index (χ1) is 7.13. The van der Waals surface area contributed by atoms with E-state index in [4.69, 9.17) is 0 Å². The minimum Gasteiger partial charge on any atom is -0.352 e. The lowest BCUT2D eigenvalue weighted by atomic mass is 10.1. The molecule has 1 N–H and O–H groups in total. The minimum absolute atomic E-state index is 0.0297. The highest BCUT2D eigenvalue weighted by Gasteiger charge is 2.11. The monoisotopic (exact) mass is 204 g/mol. The number of H-pyrrole nitrogens is 1. The Morgan fingerprint density at radius 2 is 2.20 bits per heavy atom. The second-order valence-corrected chi connectivity index (χ2v) is 3.27. The molecule has 0 amide bonds. The van der Waals surface area contributed by atoms with Crippen molar-refractivity contribution >= 4 is 22.9 Å². The van der Waals surface area contributed by atoms with Crippen LogP contribution in [0.4, 0.5) is 5.69 Å². The maximum atomic E-state index is 10.7. The molecule has 0 fully saturated rings. The maximum Gasteiger partial charge on any atom is 0.270 e. The molecule has 1 aromatic carbocycles. The van der Waals surface area contributed by atoms with Crippen LogP contribution in [0, 0.1) is 17.0 Å². The lowest BCUT2D eigenvalue weighted by Crippen LogP contribution is -1.86. The van der Waals surface area contributed by atoms with Gasteiger partial charge in [0.15, 0.2) is 6.29 Å². The molecular weight excluding hydrogens is 196 g/mol. The Hall–Kier alpha value is -2.17. The van der Waals surface area contributed by atoms with Crippen LogP contribution < -0.4 is 0 Å². The molecule has 5 heteroatoms. The highest BCUT2D eigenvalue weighted by Crippen LogP contribution is 2.24. The molecule has 2 aromatic rings. The number of fused-ring (bicyclic) bond motifs is 1. The fourth-order valence-electron chi connectivity index (χ4n) is 1.57. The first kappa shape index (κ1) is 9.39. The van der Waals surface area contributed by atoms with Gasteiger partial charge in [0.25, 0.3) is 5.69 Å². The SMILES string of the molecule is Cc1c(C=O)[nH]c2ccc([N+](=O)[O-])cc12. The van der Waals surface area contributed by atoms with Crippen molar-refractivity contribution in [1.29, 1.82) is 0 Å². The Balaban J connectivity index is 2.75. The van der Waals surface area contributed by atoms with E-state index in [9.17, 15) is 14.9 Å². The van der Waals surface area contributed by atoms with Crippen LogP contribution in [0.5, 0.6) is 0 Å². The predicted octanol–water partition coefficient (Wildman–Crippen LogP) is 2.20. The van der Waals surface area contributed by atoms with E-state index in [1.165, 1.54) is 12.1 Å². The molecule has 15 heavy (non-hydrogen) atoms. The highest BCUT2D eigenvalue weighted by atomic mass is 16.6. The molecular formula is C10H8N2O3. The zero-order chi connectivity index (χ0) is 11.0. The van der Waals surface area contributed by atoms with Crippen molar-refractivity contribution in [2.75, 3.05) is 0 Å². The molecule has 0 aliphatic carbocycles. The van der Waals surface area contributed by atoms with Gasteiger partial charge in [0, 0.05) is 23.0 Å². The average molecular weight is 204 g/mol. The summed E-state index contributed by atoms with van der Waals surface area (Å²) in [6.45, 7) is 1.76. The number of nitro groups is 1. The molecule has 2 rings (SSSR count). The highest BCUT2D eigenvalue weighted by molar-refractivity contribution is 5.93. The largest absolute Gasteiger partial charge is 0.352 e. The summed E-state index contributed by atoms with van der Waals surface area (Å²) in [5, 5.41) is 11.3. The molecule has 0 aliphatic heterocycles. The standard InChI is InChI=1S/C10H8N2O3/c1-6-8-4-7(12(14)15)2-3-9(8)11-10(6)5-13/h2-5,11H,1H3. The van der Waals surface area contributed by atoms with Gasteiger partial charge in [-0.2, -0.15) is 0 Å². The molecule has 0 unspecified atom stereocenters. The van der Waals surface area contributed by atoms with Crippen molar-refractivity contribution in [3.05, 3.63) is 39.6 Å². The fraction of sp³-hybridized carbons (Fsp3) is 0.100. The summed E-state index contributed by atoms with van der Waals surface area (Å²) in [7, 11) is 0. The number of nitrogens with zero attached hydrogens (tertiary/aromatic N) is 1. The van der Waals surface area contributed by atoms with Gasteiger partial charge in [-0.1, -0.05) is 0 Å². The third-order valence-corrected chi connectivity index (χ3v) is 2.41. The van der Waals surface area contributed by atoms with Gasteiger partial charge in [0.2, 0.25) is 0 Å². The van der Waals surface area contributed by atoms with Gasteiger partial charge in [-0.3, -0.25) is 14.9 Å². The van der Waals surface area contributed by atoms with Crippen LogP contribution in [0.1, 0.15) is 16.1 Å². The van der Waals surface area contributed by atoms with E-state index in [2.05, 4.69) is 4.98 Å². The van der Waals surface area contributed by atoms with Crippen molar-refractivity contribution < 1.29 is 9.72 Å². The first-order valence-corrected chi connectivity index (χ1v) is 4.35. The molecule has 0 bridgehead atoms. The summed E-state index contributed by atoms with van der Waals surface area (Å²) in [5.74, 6) is 0. The Kier molecular flexibility index (Phi) is 2.00. The topological polar surface area (TPSA) is 76.0 Å². The average Bonchev–Trinajstić information content (AvgIpc) is 2.55. The number of aromatic nitrogens is 1. The van der Waals surface area contributed by atoms with E-state index >= 15 is 0 Å². The molecule has 76 valence electrons. The third kappa shape index (κ3) is 1.38. The number of nitrogens with one attached hydrogen (secondary N) is 1. The normalized spacial score (nSPS) is 10.5. The first-order valence-electron chi connectivity index (χ1n) is 4.35. The van der Waals surface area contributed by atoms with Gasteiger partial charge in [0.05, 0.1) is 10.6 Å². The van der Waals surface area contributed by atoms with Crippen LogP contribution in [0.3, 0.4) is 0 Å². The molecule has 0 aliphatic rings. The van der Waals surface area contributed by atoms with Crippen LogP contribution in [-0.4, -0.2) is 16.2 Å². The Bertz CT molecular complexity index is 557. The molecule has 0 saturated heterocycles. The summed E-state index contributed by atoms with van der Waals surface area (Å²) < 4.78 is 0. The molecule has 0 spiro atoms. The predicted molar refractivity (Wildman–Crippen MR) is 55.1 cm³/mol. The quantitative estimate of drug-likeness (QED) is 0.462. The van der Waals surface area contributed by atoms with E-state index in [0.717, 1.165) is 11.1 Å². The number of nitro benzene ring substituents is 1. The lowest BCUT2D eigenvalue weighted by molar-refractivity contribution is -0.384. The van der Waals surface area contributed by atoms with E-state index in [-0.39, 0.29) is 5.69 Å². The molecule has 5 nitrogen and oxygen atoms in total. The molecule has 0 saturated carbocycles. The van der Waals surface area contributed by atoms with E-state index in [0.29, 0.717) is 17.4 Å². The van der Waals surface area contributed by atoms with Gasteiger partial charge in [0.1, 0.15) is 0 Å². The zero-order valence-electron chi connectivity index (χ0n) is 7.98. The van der Waals surface area contributed by atoms with Crippen LogP contribution >= 0.6 is 0 Å². The van der Waals surface area contributed by atoms with Crippen molar-refractivity contribution in [3.8, 4) is 0 Å². The number of hydrogen-bond acceptors (Lipinski definition) is 3. The van der Waals surface area contributed by atoms with Crippen LogP contribution in [0.2, 0.25) is 0 Å². The van der Waals surface area contributed by atoms with Crippen molar-refractivity contribution in [2.24, 2.45) is 0 Å². The van der Waals surface area contributed by atoms with Crippen LogP contribution in [-0.2, 0) is 0 Å². The number of carbonyl (C=O) groups is 1. The summed E-state index contributed by atoms with van der Waals surface area (Å²) in [6, 6.07) is 4.48. The van der Waals surface area contributed by atoms with Crippen molar-refractivity contribution in [2.45, 2.75) is 6.92 Å². The number of rotatable bonds is 2. The summed E-state index contributed by atoms with van der Waals surface area (Å²) in [5.41, 5.74) is 1.97. The van der Waals surface area contributed by atoms with Gasteiger partial charge in [-0.15, -0.1) is 0 Å². The summed E-state index contributed by atoms with van der Waals surface area (Å²) in [4.78, 5) is 23.6. The lowest BCUT2D eigenvalue weighted by Gasteiger charge is -1.92. The number of carbonyl (C=O) groups excluding carboxylic acids is 1. The number of aromatic amines is 1. The van der Waals surface area contributed by atoms with E-state index < -0.39 is 4.92 Å². The smallest absolute Gasteiger partial charge is 0.270 e. The van der Waals surface area contributed by atoms with Gasteiger partial charge < -0.3 is 4.98 Å². The van der Waals surface area contributed by atoms with Gasteiger partial charge in [-0.25, -0.2) is 0 Å². The maximum absolute atomic E-state index is 10.7. The molecule has 1 aromatic heterocycles. The fourth-order valence-corrected chi connectivity index (χ4v) is 1.57. The number of aryl methyl sites for hydroxylation is 1. The molecule has 1 heterocycles. The van der Waals surface area contributed by atoms with Crippen LogP contribution in [0.15, 0.2) is 18.2 Å². The summed E-state index contributed by atoms with van der Waals surface area (Å²) in [6.07, 6.45) is 0.709. The second kappa shape index (κ2) is 3.20. The van der Waals surface area contributed by atoms with Gasteiger partial charge >= 0.3 is 0 Å². The summed E-state index contributed by atoms with van der Waals surface area (Å²) >= 11 is 0. The Morgan fingerprint density at radius 1 is 1.47 bits per heavy atom. The number of aldehydes is 1. The Labute approximate surface area is 84.9 Å². The third-order valence-electron chi connectivity index (χ3n) is 2.41. The van der Waals surface area contributed by atoms with Gasteiger partial charge in [-0.05, 0) is 18.6 Å². The Morgan fingerprint density at radius 3 is 2.80 bits per heavy atom. The van der Waals surface area contributed by atoms with Crippen molar-refractivity contribution in [3.63, 3.8) is 0 Å². The zero-order valence-corrected chi connectivity index (χ0v) is 7.98. The van der Waals surface area contributed by atoms with Crippen molar-refractivity contribution in [1.82, 2.24) is 4.98 Å². The minimum atomic E-state index is -0.452. The van der Waals surface area contributed by atoms with E-state index in [1.807, 2.05) is 0 Å². The number of hydrogen-bond donors (Lipinski definition) is 1. The molecule has 0 atom stereocenters. The number of benzene rings is 1. The van der Waals surface area contributed by atoms with Crippen LogP contribution in [0.25, 0.3) is 10.9 Å². The molecule has 0 radical (unpaired) electrons. The number of non-ortho nitro benzene ring substituents is 1.